The van der Waals surface area contributed by atoms with E-state index in [-0.39, 0.29) is 11.4 Å². The summed E-state index contributed by atoms with van der Waals surface area (Å²) < 4.78 is 0.845. The highest BCUT2D eigenvalue weighted by molar-refractivity contribution is 9.10. The topological polar surface area (TPSA) is 68.7 Å². The van der Waals surface area contributed by atoms with E-state index in [1.54, 1.807) is 12.3 Å². The third-order valence-electron chi connectivity index (χ3n) is 5.53. The van der Waals surface area contributed by atoms with Gasteiger partial charge in [-0.1, -0.05) is 28.1 Å². The molecule has 4 rings (SSSR count). The number of aromatic hydroxyl groups is 1. The number of nitrogens with one attached hydrogen (secondary N) is 1. The highest BCUT2D eigenvalue weighted by Gasteiger charge is 2.15. The van der Waals surface area contributed by atoms with Gasteiger partial charge in [0.15, 0.2) is 0 Å². The molecule has 0 bridgehead atoms. The van der Waals surface area contributed by atoms with Gasteiger partial charge in [0, 0.05) is 21.5 Å². The Labute approximate surface area is 172 Å². The van der Waals surface area contributed by atoms with Gasteiger partial charge in [-0.3, -0.25) is 14.8 Å². The number of aliphatic imine (C=N–C) groups is 1. The Bertz CT molecular complexity index is 1020. The van der Waals surface area contributed by atoms with Crippen LogP contribution in [0.25, 0.3) is 10.8 Å². The third kappa shape index (κ3) is 4.28. The molecule has 1 unspecified atom stereocenters. The first kappa shape index (κ1) is 19.2. The van der Waals surface area contributed by atoms with Crippen molar-refractivity contribution >= 4 is 32.9 Å². The van der Waals surface area contributed by atoms with E-state index >= 15 is 0 Å². The average Bonchev–Trinajstić information content (AvgIpc) is 3.20. The highest BCUT2D eigenvalue weighted by Crippen LogP contribution is 2.25. The van der Waals surface area contributed by atoms with Crippen LogP contribution in [0.3, 0.4) is 0 Å². The van der Waals surface area contributed by atoms with Gasteiger partial charge in [-0.15, -0.1) is 0 Å². The molecule has 5 nitrogen and oxygen atoms in total. The molecular formula is C22H24BrN3O2. The van der Waals surface area contributed by atoms with E-state index in [1.807, 2.05) is 12.1 Å². The van der Waals surface area contributed by atoms with Crippen molar-refractivity contribution in [3.63, 3.8) is 0 Å². The predicted octanol–water partition coefficient (Wildman–Crippen LogP) is 4.36. The fraction of sp³-hybridized carbons (Fsp3) is 0.364. The van der Waals surface area contributed by atoms with Crippen LogP contribution >= 0.6 is 15.9 Å². The standard InChI is InChI=1S/C22H24BrN3O2/c23-16-5-8-18-19(13-16)20(22(28)25-21(18)27)14-24-17-6-3-15(4-7-17)9-12-26-10-1-2-11-26/h3,5-8,13-15H,1-2,4,9-12H2,(H2,25,27,28). The van der Waals surface area contributed by atoms with Crippen LogP contribution in [0.2, 0.25) is 0 Å². The van der Waals surface area contributed by atoms with Crippen molar-refractivity contribution in [1.29, 1.82) is 0 Å². The number of hydrogen-bond donors (Lipinski definition) is 2. The molecule has 2 heterocycles. The van der Waals surface area contributed by atoms with E-state index in [0.717, 1.165) is 16.6 Å². The molecule has 1 atom stereocenters. The molecule has 1 aliphatic carbocycles. The van der Waals surface area contributed by atoms with Gasteiger partial charge in [-0.25, -0.2) is 0 Å². The molecule has 6 heteroatoms. The van der Waals surface area contributed by atoms with Crippen molar-refractivity contribution in [1.82, 2.24) is 9.88 Å². The van der Waals surface area contributed by atoms with Gasteiger partial charge in [0.05, 0.1) is 11.3 Å². The van der Waals surface area contributed by atoms with Crippen LogP contribution in [-0.4, -0.2) is 40.8 Å². The van der Waals surface area contributed by atoms with Crippen molar-refractivity contribution in [2.45, 2.75) is 25.7 Å². The van der Waals surface area contributed by atoms with E-state index in [1.165, 1.54) is 38.9 Å². The summed E-state index contributed by atoms with van der Waals surface area (Å²) in [6, 6.07) is 5.37. The number of nitrogens with zero attached hydrogens (tertiary/aromatic N) is 2. The number of benzene rings is 1. The zero-order valence-corrected chi connectivity index (χ0v) is 17.3. The summed E-state index contributed by atoms with van der Waals surface area (Å²) in [6.07, 6.45) is 12.9. The Morgan fingerprint density at radius 3 is 2.86 bits per heavy atom. The Morgan fingerprint density at radius 1 is 1.29 bits per heavy atom. The second kappa shape index (κ2) is 8.45. The van der Waals surface area contributed by atoms with Gasteiger partial charge in [0.2, 0.25) is 5.88 Å². The maximum Gasteiger partial charge on any atom is 0.258 e. The van der Waals surface area contributed by atoms with E-state index in [4.69, 9.17) is 0 Å². The van der Waals surface area contributed by atoms with Gasteiger partial charge in [0.25, 0.3) is 5.56 Å². The number of aromatic amines is 1. The minimum absolute atomic E-state index is 0.164. The molecule has 146 valence electrons. The van der Waals surface area contributed by atoms with Crippen molar-refractivity contribution < 1.29 is 5.11 Å². The molecule has 0 amide bonds. The molecule has 2 N–H and O–H groups in total. The number of likely N-dealkylation sites (tertiary alicyclic amines) is 1. The molecule has 1 aliphatic heterocycles. The van der Waals surface area contributed by atoms with Crippen LogP contribution in [0, 0.1) is 5.92 Å². The Morgan fingerprint density at radius 2 is 2.11 bits per heavy atom. The zero-order valence-electron chi connectivity index (χ0n) is 15.7. The lowest BCUT2D eigenvalue weighted by Gasteiger charge is -2.19. The lowest BCUT2D eigenvalue weighted by atomic mass is 9.96. The van der Waals surface area contributed by atoms with E-state index < -0.39 is 0 Å². The van der Waals surface area contributed by atoms with Crippen LogP contribution in [0.1, 0.15) is 31.2 Å². The van der Waals surface area contributed by atoms with E-state index in [0.29, 0.717) is 22.3 Å². The summed E-state index contributed by atoms with van der Waals surface area (Å²) >= 11 is 3.42. The summed E-state index contributed by atoms with van der Waals surface area (Å²) in [5.74, 6) is 0.404. The second-order valence-corrected chi connectivity index (χ2v) is 8.40. The number of hydrogen-bond acceptors (Lipinski definition) is 4. The minimum atomic E-state index is -0.310. The molecule has 0 spiro atoms. The van der Waals surface area contributed by atoms with Gasteiger partial charge in [-0.2, -0.15) is 0 Å². The largest absolute Gasteiger partial charge is 0.494 e. The Hall–Kier alpha value is -2.18. The Balaban J connectivity index is 1.47. The molecule has 0 radical (unpaired) electrons. The summed E-state index contributed by atoms with van der Waals surface area (Å²) in [7, 11) is 0. The van der Waals surface area contributed by atoms with Gasteiger partial charge < -0.3 is 10.0 Å². The molecule has 1 aromatic carbocycles. The van der Waals surface area contributed by atoms with Gasteiger partial charge >= 0.3 is 0 Å². The highest BCUT2D eigenvalue weighted by atomic mass is 79.9. The molecular weight excluding hydrogens is 418 g/mol. The zero-order chi connectivity index (χ0) is 19.5. The molecule has 2 aliphatic rings. The third-order valence-corrected chi connectivity index (χ3v) is 6.02. The maximum atomic E-state index is 12.1. The van der Waals surface area contributed by atoms with Crippen molar-refractivity contribution in [3.05, 3.63) is 62.5 Å². The van der Waals surface area contributed by atoms with Crippen LogP contribution < -0.4 is 5.56 Å². The number of allylic oxidation sites excluding steroid dienone is 3. The molecule has 1 aromatic heterocycles. The Kier molecular flexibility index (Phi) is 5.78. The number of pyridine rings is 1. The average molecular weight is 442 g/mol. The van der Waals surface area contributed by atoms with Gasteiger partial charge in [-0.05, 0) is 75.5 Å². The normalized spacial score (nSPS) is 20.3. The second-order valence-electron chi connectivity index (χ2n) is 7.49. The molecule has 0 saturated carbocycles. The first-order chi connectivity index (χ1) is 13.6. The van der Waals surface area contributed by atoms with E-state index in [9.17, 15) is 9.90 Å². The first-order valence-electron chi connectivity index (χ1n) is 9.79. The fourth-order valence-corrected chi connectivity index (χ4v) is 4.26. The maximum absolute atomic E-state index is 12.1. The SMILES string of the molecule is O=c1[nH]c(O)c(C=NC2=CCC(CCN3CCCC3)C=C2)c2cc(Br)ccc12. The van der Waals surface area contributed by atoms with Crippen molar-refractivity contribution in [2.24, 2.45) is 10.9 Å². The number of H-pyrrole nitrogens is 1. The summed E-state index contributed by atoms with van der Waals surface area (Å²) in [5, 5.41) is 11.4. The van der Waals surface area contributed by atoms with Gasteiger partial charge in [0.1, 0.15) is 0 Å². The number of aromatic nitrogens is 1. The number of rotatable bonds is 5. The molecule has 1 fully saturated rings. The lowest BCUT2D eigenvalue weighted by molar-refractivity contribution is 0.316. The lowest BCUT2D eigenvalue weighted by Crippen LogP contribution is -2.22. The smallest absolute Gasteiger partial charge is 0.258 e. The predicted molar refractivity (Wildman–Crippen MR) is 117 cm³/mol. The van der Waals surface area contributed by atoms with Crippen LogP contribution in [0.5, 0.6) is 5.88 Å². The van der Waals surface area contributed by atoms with Crippen molar-refractivity contribution in [3.8, 4) is 5.88 Å². The molecule has 28 heavy (non-hydrogen) atoms. The summed E-state index contributed by atoms with van der Waals surface area (Å²) in [4.78, 5) is 21.6. The minimum Gasteiger partial charge on any atom is -0.494 e. The summed E-state index contributed by atoms with van der Waals surface area (Å²) in [6.45, 7) is 3.66. The molecule has 1 saturated heterocycles. The quantitative estimate of drug-likeness (QED) is 0.677. The van der Waals surface area contributed by atoms with Crippen LogP contribution in [0.15, 0.2) is 56.4 Å². The van der Waals surface area contributed by atoms with E-state index in [2.05, 4.69) is 49.0 Å². The summed E-state index contributed by atoms with van der Waals surface area (Å²) in [5.41, 5.74) is 1.09. The molecule has 2 aromatic rings. The monoisotopic (exact) mass is 441 g/mol. The first-order valence-corrected chi connectivity index (χ1v) is 10.6. The number of fused-ring (bicyclic) bond motifs is 1. The van der Waals surface area contributed by atoms with Crippen LogP contribution in [0.4, 0.5) is 0 Å². The van der Waals surface area contributed by atoms with Crippen LogP contribution in [-0.2, 0) is 0 Å². The van der Waals surface area contributed by atoms with Crippen molar-refractivity contribution in [2.75, 3.05) is 19.6 Å². The fourth-order valence-electron chi connectivity index (χ4n) is 3.89. The number of halogens is 1.